The van der Waals surface area contributed by atoms with E-state index in [0.29, 0.717) is 5.56 Å². The van der Waals surface area contributed by atoms with E-state index in [9.17, 15) is 14.9 Å². The van der Waals surface area contributed by atoms with E-state index < -0.39 is 11.9 Å². The van der Waals surface area contributed by atoms with Crippen LogP contribution in [-0.2, 0) is 20.9 Å². The van der Waals surface area contributed by atoms with Gasteiger partial charge in [0, 0.05) is 5.56 Å². The van der Waals surface area contributed by atoms with Gasteiger partial charge in [-0.2, -0.15) is 5.26 Å². The van der Waals surface area contributed by atoms with E-state index >= 15 is 0 Å². The van der Waals surface area contributed by atoms with Gasteiger partial charge in [0.15, 0.2) is 0 Å². The van der Waals surface area contributed by atoms with Crippen LogP contribution in [0.3, 0.4) is 0 Å². The molecule has 136 valence electrons. The molecule has 0 unspecified atom stereocenters. The highest BCUT2D eigenvalue weighted by atomic mass is 32.1. The summed E-state index contributed by atoms with van der Waals surface area (Å²) in [4.78, 5) is 24.4. The fourth-order valence-electron chi connectivity index (χ4n) is 2.47. The summed E-state index contributed by atoms with van der Waals surface area (Å²) in [6.07, 6.45) is 0.195. The largest absolute Gasteiger partial charge is 0.462 e. The summed E-state index contributed by atoms with van der Waals surface area (Å²) in [5.74, 6) is -0.990. The number of esters is 2. The number of ether oxygens (including phenoxy) is 2. The van der Waals surface area contributed by atoms with Crippen LogP contribution in [0.15, 0.2) is 30.3 Å². The first-order valence-corrected chi connectivity index (χ1v) is 8.98. The number of nitrogens with zero attached hydrogens (tertiary/aromatic N) is 1. The number of anilines is 1. The van der Waals surface area contributed by atoms with Gasteiger partial charge in [0.25, 0.3) is 0 Å². The fraction of sp³-hybridized carbons (Fsp3) is 0.316. The Balaban J connectivity index is 2.07. The average Bonchev–Trinajstić information content (AvgIpc) is 2.96. The van der Waals surface area contributed by atoms with Gasteiger partial charge in [-0.3, -0.25) is 4.79 Å². The molecule has 0 amide bonds. The van der Waals surface area contributed by atoms with Crippen molar-refractivity contribution in [1.29, 1.82) is 5.26 Å². The maximum Gasteiger partial charge on any atom is 0.348 e. The Kier molecular flexibility index (Phi) is 6.75. The number of benzene rings is 1. The Hall–Kier alpha value is -2.85. The summed E-state index contributed by atoms with van der Waals surface area (Å²) in [6, 6.07) is 11.6. The van der Waals surface area contributed by atoms with Crippen LogP contribution < -0.4 is 5.73 Å². The SMILES string of the molecule is CCOC(=O)c1sc(N)c(C#N)c1COC(=O)C[C@@H](C)c1ccccc1. The molecule has 2 aromatic rings. The highest BCUT2D eigenvalue weighted by Crippen LogP contribution is 2.32. The van der Waals surface area contributed by atoms with E-state index in [1.807, 2.05) is 43.3 Å². The number of nitriles is 1. The molecule has 1 aromatic heterocycles. The van der Waals surface area contributed by atoms with Crippen molar-refractivity contribution in [1.82, 2.24) is 0 Å². The zero-order chi connectivity index (χ0) is 19.1. The van der Waals surface area contributed by atoms with Crippen LogP contribution in [0.1, 0.15) is 52.5 Å². The number of thiophene rings is 1. The smallest absolute Gasteiger partial charge is 0.348 e. The Morgan fingerprint density at radius 3 is 2.58 bits per heavy atom. The Morgan fingerprint density at radius 1 is 1.27 bits per heavy atom. The molecule has 0 aliphatic rings. The first kappa shape index (κ1) is 19.5. The van der Waals surface area contributed by atoms with Crippen molar-refractivity contribution in [3.63, 3.8) is 0 Å². The van der Waals surface area contributed by atoms with Crippen LogP contribution in [0.25, 0.3) is 0 Å². The van der Waals surface area contributed by atoms with Gasteiger partial charge < -0.3 is 15.2 Å². The van der Waals surface area contributed by atoms with Crippen molar-refractivity contribution < 1.29 is 19.1 Å². The molecule has 0 fully saturated rings. The molecule has 26 heavy (non-hydrogen) atoms. The van der Waals surface area contributed by atoms with Crippen molar-refractivity contribution in [3.8, 4) is 6.07 Å². The first-order chi connectivity index (χ1) is 12.5. The second-order valence-electron chi connectivity index (χ2n) is 5.66. The van der Waals surface area contributed by atoms with Gasteiger partial charge in [-0.1, -0.05) is 37.3 Å². The maximum absolute atomic E-state index is 12.2. The number of carbonyl (C=O) groups is 2. The lowest BCUT2D eigenvalue weighted by atomic mass is 9.98. The first-order valence-electron chi connectivity index (χ1n) is 8.16. The van der Waals surface area contributed by atoms with Gasteiger partial charge in [-0.15, -0.1) is 11.3 Å². The minimum Gasteiger partial charge on any atom is -0.462 e. The van der Waals surface area contributed by atoms with Gasteiger partial charge in [0.1, 0.15) is 22.6 Å². The Labute approximate surface area is 156 Å². The van der Waals surface area contributed by atoms with Crippen molar-refractivity contribution >= 4 is 28.3 Å². The topological polar surface area (TPSA) is 102 Å². The number of carbonyl (C=O) groups excluding carboxylic acids is 2. The number of hydrogen-bond acceptors (Lipinski definition) is 7. The molecule has 1 atom stereocenters. The number of hydrogen-bond donors (Lipinski definition) is 1. The zero-order valence-electron chi connectivity index (χ0n) is 14.7. The lowest BCUT2D eigenvalue weighted by Crippen LogP contribution is -2.11. The van der Waals surface area contributed by atoms with Crippen LogP contribution >= 0.6 is 11.3 Å². The molecule has 0 aliphatic carbocycles. The summed E-state index contributed by atoms with van der Waals surface area (Å²) in [7, 11) is 0. The second-order valence-corrected chi connectivity index (χ2v) is 6.71. The molecule has 0 aliphatic heterocycles. The maximum atomic E-state index is 12.2. The normalized spacial score (nSPS) is 11.4. The second kappa shape index (κ2) is 9.02. The van der Waals surface area contributed by atoms with E-state index in [1.54, 1.807) is 6.92 Å². The van der Waals surface area contributed by atoms with Gasteiger partial charge >= 0.3 is 11.9 Å². The molecule has 0 saturated carbocycles. The lowest BCUT2D eigenvalue weighted by molar-refractivity contribution is -0.145. The summed E-state index contributed by atoms with van der Waals surface area (Å²) in [5.41, 5.74) is 7.29. The highest BCUT2D eigenvalue weighted by molar-refractivity contribution is 7.18. The molecule has 7 heteroatoms. The Bertz CT molecular complexity index is 824. The summed E-state index contributed by atoms with van der Waals surface area (Å²) >= 11 is 0.965. The minimum atomic E-state index is -0.575. The number of nitrogen functional groups attached to an aromatic ring is 1. The van der Waals surface area contributed by atoms with E-state index in [-0.39, 0.29) is 41.0 Å². The van der Waals surface area contributed by atoms with E-state index in [1.165, 1.54) is 0 Å². The number of rotatable bonds is 7. The van der Waals surface area contributed by atoms with Crippen molar-refractivity contribution in [2.75, 3.05) is 12.3 Å². The van der Waals surface area contributed by atoms with Gasteiger partial charge in [-0.25, -0.2) is 4.79 Å². The van der Waals surface area contributed by atoms with Crippen molar-refractivity contribution in [2.45, 2.75) is 32.8 Å². The molecule has 1 heterocycles. The van der Waals surface area contributed by atoms with Crippen LogP contribution in [0.2, 0.25) is 0 Å². The molecule has 0 bridgehead atoms. The molecule has 2 N–H and O–H groups in total. The minimum absolute atomic E-state index is 0.00351. The zero-order valence-corrected chi connectivity index (χ0v) is 15.5. The summed E-state index contributed by atoms with van der Waals surface area (Å²) in [6.45, 7) is 3.63. The van der Waals surface area contributed by atoms with Crippen molar-refractivity contribution in [2.24, 2.45) is 0 Å². The van der Waals surface area contributed by atoms with Crippen LogP contribution in [0, 0.1) is 11.3 Å². The third-order valence-electron chi connectivity index (χ3n) is 3.83. The predicted octanol–water partition coefficient (Wildman–Crippen LogP) is 3.62. The standard InChI is InChI=1S/C19H20N2O4S/c1-3-24-19(23)17-15(14(10-20)18(21)26-17)11-25-16(22)9-12(2)13-7-5-4-6-8-13/h4-8,12H,3,9,11,21H2,1-2H3/t12-/m1/s1. The van der Waals surface area contributed by atoms with Gasteiger partial charge in [-0.05, 0) is 18.4 Å². The molecule has 0 radical (unpaired) electrons. The van der Waals surface area contributed by atoms with Crippen molar-refractivity contribution in [3.05, 3.63) is 51.9 Å². The lowest BCUT2D eigenvalue weighted by Gasteiger charge is -2.12. The molecule has 1 aromatic carbocycles. The van der Waals surface area contributed by atoms with E-state index in [2.05, 4.69) is 0 Å². The molecule has 6 nitrogen and oxygen atoms in total. The quantitative estimate of drug-likeness (QED) is 0.745. The van der Waals surface area contributed by atoms with Gasteiger partial charge in [0.2, 0.25) is 0 Å². The van der Waals surface area contributed by atoms with E-state index in [0.717, 1.165) is 16.9 Å². The Morgan fingerprint density at radius 2 is 1.96 bits per heavy atom. The highest BCUT2D eigenvalue weighted by Gasteiger charge is 2.24. The van der Waals surface area contributed by atoms with Gasteiger partial charge in [0.05, 0.1) is 18.6 Å². The summed E-state index contributed by atoms with van der Waals surface area (Å²) in [5, 5.41) is 9.48. The third kappa shape index (κ3) is 4.61. The summed E-state index contributed by atoms with van der Waals surface area (Å²) < 4.78 is 10.3. The van der Waals surface area contributed by atoms with E-state index in [4.69, 9.17) is 15.2 Å². The molecule has 2 rings (SSSR count). The van der Waals surface area contributed by atoms with Crippen LogP contribution in [0.5, 0.6) is 0 Å². The third-order valence-corrected chi connectivity index (χ3v) is 4.87. The molecular formula is C19H20N2O4S. The molecule has 0 saturated heterocycles. The van der Waals surface area contributed by atoms with Crippen LogP contribution in [-0.4, -0.2) is 18.5 Å². The molecule has 0 spiro atoms. The fourth-order valence-corrected chi connectivity index (χ4v) is 3.38. The monoisotopic (exact) mass is 372 g/mol. The van der Waals surface area contributed by atoms with Crippen LogP contribution in [0.4, 0.5) is 5.00 Å². The number of nitrogens with two attached hydrogens (primary N) is 1. The molecular weight excluding hydrogens is 352 g/mol. The average molecular weight is 372 g/mol. The predicted molar refractivity (Wildman–Crippen MR) is 98.7 cm³/mol.